The second-order valence-corrected chi connectivity index (χ2v) is 7.76. The molecule has 3 unspecified atom stereocenters. The quantitative estimate of drug-likeness (QED) is 0.567. The van der Waals surface area contributed by atoms with Gasteiger partial charge in [-0.2, -0.15) is 0 Å². The van der Waals surface area contributed by atoms with Crippen LogP contribution in [0.15, 0.2) is 73.0 Å². The van der Waals surface area contributed by atoms with Crippen LogP contribution in [-0.4, -0.2) is 11.6 Å². The highest BCUT2D eigenvalue weighted by Gasteiger charge is 2.38. The van der Waals surface area contributed by atoms with Gasteiger partial charge in [0.05, 0.1) is 6.04 Å². The largest absolute Gasteiger partial charge is 0.489 e. The number of benzene rings is 2. The summed E-state index contributed by atoms with van der Waals surface area (Å²) in [5, 5.41) is 5.13. The Balaban J connectivity index is 1.53. The van der Waals surface area contributed by atoms with Crippen molar-refractivity contribution >= 4 is 16.6 Å². The SMILES string of the molecule is C=C(C)COc1ccc2c(c1)C1C=CCC1C(c1c[nH]c3ccccc13)N2. The standard InChI is InChI=1S/C24H24N2O/c1-15(2)14-27-16-10-11-23-20(12-16)17-7-5-8-19(17)24(26-23)21-13-25-22-9-4-3-6-18(21)22/h3-7,9-13,17,19,24-26H,1,8,14H2,2H3. The van der Waals surface area contributed by atoms with Gasteiger partial charge in [-0.3, -0.25) is 0 Å². The fraction of sp³-hybridized carbons (Fsp3) is 0.250. The molecule has 0 amide bonds. The molecule has 27 heavy (non-hydrogen) atoms. The van der Waals surface area contributed by atoms with Crippen LogP contribution in [0.4, 0.5) is 5.69 Å². The second kappa shape index (κ2) is 6.34. The number of hydrogen-bond acceptors (Lipinski definition) is 2. The van der Waals surface area contributed by atoms with Crippen LogP contribution >= 0.6 is 0 Å². The number of nitrogens with one attached hydrogen (secondary N) is 2. The van der Waals surface area contributed by atoms with E-state index in [1.807, 2.05) is 6.92 Å². The molecular weight excluding hydrogens is 332 g/mol. The molecule has 0 bridgehead atoms. The number of ether oxygens (including phenoxy) is 1. The first-order valence-corrected chi connectivity index (χ1v) is 9.61. The van der Waals surface area contributed by atoms with Gasteiger partial charge in [0.15, 0.2) is 0 Å². The van der Waals surface area contributed by atoms with Gasteiger partial charge in [0.2, 0.25) is 0 Å². The average molecular weight is 356 g/mol. The van der Waals surface area contributed by atoms with E-state index in [0.29, 0.717) is 24.5 Å². The number of allylic oxidation sites excluding steroid dienone is 2. The zero-order valence-electron chi connectivity index (χ0n) is 15.5. The van der Waals surface area contributed by atoms with E-state index in [1.165, 1.54) is 27.7 Å². The number of para-hydroxylation sites is 1. The minimum absolute atomic E-state index is 0.302. The monoisotopic (exact) mass is 356 g/mol. The van der Waals surface area contributed by atoms with Crippen LogP contribution in [0.3, 0.4) is 0 Å². The summed E-state index contributed by atoms with van der Waals surface area (Å²) in [4.78, 5) is 3.44. The van der Waals surface area contributed by atoms with E-state index in [1.54, 1.807) is 0 Å². The summed E-state index contributed by atoms with van der Waals surface area (Å²) in [7, 11) is 0. The molecule has 3 nitrogen and oxygen atoms in total. The molecule has 0 saturated carbocycles. The van der Waals surface area contributed by atoms with Crippen molar-refractivity contribution in [1.82, 2.24) is 4.98 Å². The minimum Gasteiger partial charge on any atom is -0.489 e. The fourth-order valence-corrected chi connectivity index (χ4v) is 4.53. The van der Waals surface area contributed by atoms with Crippen molar-refractivity contribution in [3.8, 4) is 5.75 Å². The summed E-state index contributed by atoms with van der Waals surface area (Å²) in [5.41, 5.74) is 6.14. The normalized spacial score (nSPS) is 22.9. The molecule has 2 N–H and O–H groups in total. The predicted octanol–water partition coefficient (Wildman–Crippen LogP) is 5.95. The number of rotatable bonds is 4. The maximum Gasteiger partial charge on any atom is 0.120 e. The predicted molar refractivity (Wildman–Crippen MR) is 111 cm³/mol. The van der Waals surface area contributed by atoms with Gasteiger partial charge in [0, 0.05) is 28.7 Å². The molecule has 3 aromatic rings. The van der Waals surface area contributed by atoms with Gasteiger partial charge in [-0.05, 0) is 60.2 Å². The van der Waals surface area contributed by atoms with Crippen molar-refractivity contribution in [3.63, 3.8) is 0 Å². The third kappa shape index (κ3) is 2.74. The number of hydrogen-bond donors (Lipinski definition) is 2. The van der Waals surface area contributed by atoms with Gasteiger partial charge in [-0.1, -0.05) is 36.9 Å². The molecule has 1 aromatic heterocycles. The van der Waals surface area contributed by atoms with Gasteiger partial charge < -0.3 is 15.0 Å². The number of H-pyrrole nitrogens is 1. The van der Waals surface area contributed by atoms with Gasteiger partial charge in [0.1, 0.15) is 12.4 Å². The van der Waals surface area contributed by atoms with Crippen molar-refractivity contribution in [3.05, 3.63) is 84.1 Å². The van der Waals surface area contributed by atoms with E-state index in [2.05, 4.69) is 77.7 Å². The summed E-state index contributed by atoms with van der Waals surface area (Å²) in [6.45, 7) is 6.47. The summed E-state index contributed by atoms with van der Waals surface area (Å²) in [6, 6.07) is 15.3. The highest BCUT2D eigenvalue weighted by Crippen LogP contribution is 2.51. The fourth-order valence-electron chi connectivity index (χ4n) is 4.53. The van der Waals surface area contributed by atoms with Gasteiger partial charge in [-0.15, -0.1) is 0 Å². The Hall–Kier alpha value is -2.94. The van der Waals surface area contributed by atoms with E-state index in [0.717, 1.165) is 17.7 Å². The Morgan fingerprint density at radius 1 is 1.19 bits per heavy atom. The first-order valence-electron chi connectivity index (χ1n) is 9.61. The maximum absolute atomic E-state index is 5.88. The van der Waals surface area contributed by atoms with Crippen LogP contribution < -0.4 is 10.1 Å². The lowest BCUT2D eigenvalue weighted by Crippen LogP contribution is -2.28. The molecule has 0 spiro atoms. The minimum atomic E-state index is 0.302. The lowest BCUT2D eigenvalue weighted by molar-refractivity contribution is 0.350. The Bertz CT molecular complexity index is 1050. The van der Waals surface area contributed by atoms with Crippen LogP contribution in [0.1, 0.15) is 36.4 Å². The van der Waals surface area contributed by atoms with E-state index in [-0.39, 0.29) is 0 Å². The molecule has 2 aliphatic rings. The highest BCUT2D eigenvalue weighted by molar-refractivity contribution is 5.84. The molecule has 0 saturated heterocycles. The number of aromatic amines is 1. The van der Waals surface area contributed by atoms with Crippen LogP contribution in [0.25, 0.3) is 10.9 Å². The Morgan fingerprint density at radius 2 is 2.07 bits per heavy atom. The molecular formula is C24H24N2O. The molecule has 1 aliphatic heterocycles. The van der Waals surface area contributed by atoms with Gasteiger partial charge in [-0.25, -0.2) is 0 Å². The smallest absolute Gasteiger partial charge is 0.120 e. The van der Waals surface area contributed by atoms with Crippen LogP contribution in [0, 0.1) is 5.92 Å². The maximum atomic E-state index is 5.88. The number of fused-ring (bicyclic) bond motifs is 4. The molecule has 2 heterocycles. The Kier molecular flexibility index (Phi) is 3.82. The summed E-state index contributed by atoms with van der Waals surface area (Å²) < 4.78 is 5.88. The first kappa shape index (κ1) is 16.2. The molecule has 1 aliphatic carbocycles. The van der Waals surface area contributed by atoms with Crippen molar-refractivity contribution in [2.75, 3.05) is 11.9 Å². The van der Waals surface area contributed by atoms with Crippen molar-refractivity contribution < 1.29 is 4.74 Å². The molecule has 136 valence electrons. The number of anilines is 1. The molecule has 5 rings (SSSR count). The summed E-state index contributed by atoms with van der Waals surface area (Å²) in [5.74, 6) is 1.87. The molecule has 0 radical (unpaired) electrons. The zero-order valence-corrected chi connectivity index (χ0v) is 15.5. The summed E-state index contributed by atoms with van der Waals surface area (Å²) in [6.07, 6.45) is 7.97. The summed E-state index contributed by atoms with van der Waals surface area (Å²) >= 11 is 0. The second-order valence-electron chi connectivity index (χ2n) is 7.76. The van der Waals surface area contributed by atoms with Crippen molar-refractivity contribution in [2.24, 2.45) is 5.92 Å². The lowest BCUT2D eigenvalue weighted by atomic mass is 9.77. The van der Waals surface area contributed by atoms with Crippen molar-refractivity contribution in [2.45, 2.75) is 25.3 Å². The van der Waals surface area contributed by atoms with Crippen LogP contribution in [0.5, 0.6) is 5.75 Å². The third-order valence-electron chi connectivity index (χ3n) is 5.78. The van der Waals surface area contributed by atoms with Crippen LogP contribution in [-0.2, 0) is 0 Å². The lowest BCUT2D eigenvalue weighted by Gasteiger charge is -2.37. The third-order valence-corrected chi connectivity index (χ3v) is 5.78. The Labute approximate surface area is 159 Å². The van der Waals surface area contributed by atoms with E-state index in [4.69, 9.17) is 4.74 Å². The zero-order chi connectivity index (χ0) is 18.4. The number of aromatic nitrogens is 1. The van der Waals surface area contributed by atoms with E-state index in [9.17, 15) is 0 Å². The Morgan fingerprint density at radius 3 is 2.96 bits per heavy atom. The van der Waals surface area contributed by atoms with E-state index >= 15 is 0 Å². The van der Waals surface area contributed by atoms with Crippen LogP contribution in [0.2, 0.25) is 0 Å². The molecule has 3 atom stereocenters. The molecule has 3 heteroatoms. The highest BCUT2D eigenvalue weighted by atomic mass is 16.5. The van der Waals surface area contributed by atoms with Gasteiger partial charge >= 0.3 is 0 Å². The van der Waals surface area contributed by atoms with Crippen molar-refractivity contribution in [1.29, 1.82) is 0 Å². The first-order chi connectivity index (χ1) is 13.2. The molecule has 2 aromatic carbocycles. The topological polar surface area (TPSA) is 37.0 Å². The average Bonchev–Trinajstić information content (AvgIpc) is 3.33. The molecule has 0 fully saturated rings. The van der Waals surface area contributed by atoms with Gasteiger partial charge in [0.25, 0.3) is 0 Å². The van der Waals surface area contributed by atoms with E-state index < -0.39 is 0 Å².